The molecule has 0 radical (unpaired) electrons. The molecule has 106 valence electrons. The van der Waals surface area contributed by atoms with Crippen molar-refractivity contribution in [3.63, 3.8) is 0 Å². The second kappa shape index (κ2) is 6.58. The molecule has 0 saturated carbocycles. The van der Waals surface area contributed by atoms with Crippen molar-refractivity contribution < 1.29 is 4.74 Å². The molecule has 7 heteroatoms. The summed E-state index contributed by atoms with van der Waals surface area (Å²) in [5.41, 5.74) is 12.9. The first-order chi connectivity index (χ1) is 9.70. The molecule has 0 bridgehead atoms. The number of anilines is 4. The third-order valence-electron chi connectivity index (χ3n) is 2.56. The highest BCUT2D eigenvalue weighted by Gasteiger charge is 2.12. The molecule has 1 heterocycles. The highest BCUT2D eigenvalue weighted by molar-refractivity contribution is 5.73. The summed E-state index contributed by atoms with van der Waals surface area (Å²) in [7, 11) is 1.84. The summed E-state index contributed by atoms with van der Waals surface area (Å²) >= 11 is 0. The number of nitrogens with one attached hydrogen (secondary N) is 2. The van der Waals surface area contributed by atoms with Gasteiger partial charge >= 0.3 is 0 Å². The van der Waals surface area contributed by atoms with E-state index in [0.717, 1.165) is 5.69 Å². The Labute approximate surface area is 117 Å². The number of nitrogen functional groups attached to an aromatic ring is 2. The summed E-state index contributed by atoms with van der Waals surface area (Å²) < 4.78 is 5.48. The first-order valence-electron chi connectivity index (χ1n) is 6.23. The second-order valence-corrected chi connectivity index (χ2v) is 4.09. The molecule has 1 aromatic carbocycles. The van der Waals surface area contributed by atoms with Crippen LogP contribution in [0.4, 0.5) is 23.1 Å². The average molecular weight is 274 g/mol. The van der Waals surface area contributed by atoms with Crippen molar-refractivity contribution in [3.05, 3.63) is 30.3 Å². The summed E-state index contributed by atoms with van der Waals surface area (Å²) in [5, 5.41) is 6.06. The fraction of sp³-hybridized carbons (Fsp3) is 0.231. The monoisotopic (exact) mass is 274 g/mol. The minimum Gasteiger partial charge on any atom is -0.475 e. The van der Waals surface area contributed by atoms with Gasteiger partial charge in [-0.05, 0) is 19.2 Å². The smallest absolute Gasteiger partial charge is 0.244 e. The molecule has 7 nitrogen and oxygen atoms in total. The molecule has 0 aliphatic carbocycles. The van der Waals surface area contributed by atoms with Gasteiger partial charge in [-0.25, -0.2) is 0 Å². The number of benzene rings is 1. The van der Waals surface area contributed by atoms with Crippen molar-refractivity contribution in [2.75, 3.05) is 37.0 Å². The SMILES string of the molecule is CNCCOc1nc(N)nc(Nc2ccccc2)c1N. The standard InChI is InChI=1S/C13H18N6O/c1-16-7-8-20-12-10(14)11(18-13(15)19-12)17-9-5-3-2-4-6-9/h2-6,16H,7-8,14H2,1H3,(H3,15,17,18,19). The fourth-order valence-electron chi connectivity index (χ4n) is 1.58. The molecule has 0 aliphatic heterocycles. The molecule has 2 aromatic rings. The maximum absolute atomic E-state index is 5.99. The average Bonchev–Trinajstić information content (AvgIpc) is 2.45. The van der Waals surface area contributed by atoms with Gasteiger partial charge in [-0.15, -0.1) is 0 Å². The Morgan fingerprint density at radius 1 is 1.15 bits per heavy atom. The number of aromatic nitrogens is 2. The number of ether oxygens (including phenoxy) is 1. The zero-order chi connectivity index (χ0) is 14.4. The number of hydrogen-bond donors (Lipinski definition) is 4. The van der Waals surface area contributed by atoms with E-state index in [-0.39, 0.29) is 11.8 Å². The Hall–Kier alpha value is -2.54. The maximum Gasteiger partial charge on any atom is 0.244 e. The first kappa shape index (κ1) is 13.9. The molecule has 1 aromatic heterocycles. The van der Waals surface area contributed by atoms with Gasteiger partial charge in [-0.2, -0.15) is 9.97 Å². The van der Waals surface area contributed by atoms with Crippen LogP contribution in [-0.2, 0) is 0 Å². The van der Waals surface area contributed by atoms with Crippen molar-refractivity contribution in [3.8, 4) is 5.88 Å². The van der Waals surface area contributed by atoms with Crippen molar-refractivity contribution >= 4 is 23.1 Å². The second-order valence-electron chi connectivity index (χ2n) is 4.09. The molecule has 0 spiro atoms. The van der Waals surface area contributed by atoms with E-state index in [9.17, 15) is 0 Å². The van der Waals surface area contributed by atoms with Crippen LogP contribution in [0.5, 0.6) is 5.88 Å². The first-order valence-corrected chi connectivity index (χ1v) is 6.23. The summed E-state index contributed by atoms with van der Waals surface area (Å²) in [6.07, 6.45) is 0. The number of para-hydroxylation sites is 1. The highest BCUT2D eigenvalue weighted by Crippen LogP contribution is 2.29. The number of hydrogen-bond acceptors (Lipinski definition) is 7. The van der Waals surface area contributed by atoms with E-state index in [1.54, 1.807) is 0 Å². The Morgan fingerprint density at radius 3 is 2.60 bits per heavy atom. The molecular weight excluding hydrogens is 256 g/mol. The number of nitrogens with zero attached hydrogens (tertiary/aromatic N) is 2. The van der Waals surface area contributed by atoms with Crippen LogP contribution >= 0.6 is 0 Å². The number of likely N-dealkylation sites (N-methyl/N-ethyl adjacent to an activating group) is 1. The zero-order valence-corrected chi connectivity index (χ0v) is 11.3. The van der Waals surface area contributed by atoms with Crippen LogP contribution in [0.25, 0.3) is 0 Å². The summed E-state index contributed by atoms with van der Waals surface area (Å²) in [6, 6.07) is 9.55. The van der Waals surface area contributed by atoms with Gasteiger partial charge in [0, 0.05) is 12.2 Å². The molecule has 0 amide bonds. The Bertz CT molecular complexity index is 560. The number of rotatable bonds is 6. The molecule has 0 atom stereocenters. The summed E-state index contributed by atoms with van der Waals surface area (Å²) in [6.45, 7) is 1.13. The quantitative estimate of drug-likeness (QED) is 0.581. The summed E-state index contributed by atoms with van der Waals surface area (Å²) in [5.74, 6) is 0.825. The topological polar surface area (TPSA) is 111 Å². The van der Waals surface area contributed by atoms with Crippen LogP contribution in [0.15, 0.2) is 30.3 Å². The summed E-state index contributed by atoms with van der Waals surface area (Å²) in [4.78, 5) is 8.09. The molecule has 0 unspecified atom stereocenters. The molecule has 0 fully saturated rings. The third-order valence-corrected chi connectivity index (χ3v) is 2.56. The molecule has 6 N–H and O–H groups in total. The van der Waals surface area contributed by atoms with E-state index in [2.05, 4.69) is 20.6 Å². The van der Waals surface area contributed by atoms with Crippen LogP contribution < -0.4 is 26.8 Å². The van der Waals surface area contributed by atoms with E-state index < -0.39 is 0 Å². The Kier molecular flexibility index (Phi) is 4.56. The molecule has 20 heavy (non-hydrogen) atoms. The van der Waals surface area contributed by atoms with Gasteiger partial charge in [0.05, 0.1) is 0 Å². The molecule has 0 aliphatic rings. The van der Waals surface area contributed by atoms with Crippen LogP contribution in [0.2, 0.25) is 0 Å². The van der Waals surface area contributed by atoms with Crippen molar-refractivity contribution in [1.82, 2.24) is 15.3 Å². The Balaban J connectivity index is 2.20. The minimum atomic E-state index is 0.108. The lowest BCUT2D eigenvalue weighted by atomic mass is 10.3. The van der Waals surface area contributed by atoms with Gasteiger partial charge in [0.2, 0.25) is 11.8 Å². The van der Waals surface area contributed by atoms with Gasteiger partial charge in [0.15, 0.2) is 5.82 Å². The normalized spacial score (nSPS) is 10.2. The maximum atomic E-state index is 5.99. The molecule has 2 rings (SSSR count). The highest BCUT2D eigenvalue weighted by atomic mass is 16.5. The van der Waals surface area contributed by atoms with Gasteiger partial charge < -0.3 is 26.8 Å². The van der Waals surface area contributed by atoms with Gasteiger partial charge in [0.25, 0.3) is 0 Å². The third kappa shape index (κ3) is 3.48. The van der Waals surface area contributed by atoms with Crippen LogP contribution in [0.3, 0.4) is 0 Å². The van der Waals surface area contributed by atoms with E-state index in [0.29, 0.717) is 24.7 Å². The van der Waals surface area contributed by atoms with E-state index in [4.69, 9.17) is 16.2 Å². The van der Waals surface area contributed by atoms with E-state index in [1.165, 1.54) is 0 Å². The zero-order valence-electron chi connectivity index (χ0n) is 11.3. The largest absolute Gasteiger partial charge is 0.475 e. The van der Waals surface area contributed by atoms with Crippen molar-refractivity contribution in [2.24, 2.45) is 0 Å². The van der Waals surface area contributed by atoms with Gasteiger partial charge in [-0.1, -0.05) is 18.2 Å². The van der Waals surface area contributed by atoms with Gasteiger partial charge in [-0.3, -0.25) is 0 Å². The predicted octanol–water partition coefficient (Wildman–Crippen LogP) is 0.983. The number of nitrogens with two attached hydrogens (primary N) is 2. The molecule has 0 saturated heterocycles. The van der Waals surface area contributed by atoms with Crippen LogP contribution in [-0.4, -0.2) is 30.2 Å². The minimum absolute atomic E-state index is 0.108. The van der Waals surface area contributed by atoms with Gasteiger partial charge in [0.1, 0.15) is 12.3 Å². The van der Waals surface area contributed by atoms with Crippen molar-refractivity contribution in [1.29, 1.82) is 0 Å². The predicted molar refractivity (Wildman–Crippen MR) is 80.0 cm³/mol. The lowest BCUT2D eigenvalue weighted by molar-refractivity contribution is 0.308. The van der Waals surface area contributed by atoms with E-state index >= 15 is 0 Å². The lowest BCUT2D eigenvalue weighted by Gasteiger charge is -2.13. The molecular formula is C13H18N6O. The lowest BCUT2D eigenvalue weighted by Crippen LogP contribution is -2.17. The van der Waals surface area contributed by atoms with Crippen LogP contribution in [0.1, 0.15) is 0 Å². The van der Waals surface area contributed by atoms with Crippen molar-refractivity contribution in [2.45, 2.75) is 0 Å². The Morgan fingerprint density at radius 2 is 1.90 bits per heavy atom. The van der Waals surface area contributed by atoms with Crippen LogP contribution in [0, 0.1) is 0 Å². The van der Waals surface area contributed by atoms with E-state index in [1.807, 2.05) is 37.4 Å². The fourth-order valence-corrected chi connectivity index (χ4v) is 1.58.